The average molecular weight is 356 g/mol. The Morgan fingerprint density at radius 1 is 1.38 bits per heavy atom. The molecule has 136 valence electrons. The van der Waals surface area contributed by atoms with E-state index in [0.717, 1.165) is 17.1 Å². The summed E-state index contributed by atoms with van der Waals surface area (Å²) in [6.45, 7) is 11.7. The molecule has 0 radical (unpaired) electrons. The number of hydrogen-bond acceptors (Lipinski definition) is 5. The van der Waals surface area contributed by atoms with Crippen molar-refractivity contribution in [1.82, 2.24) is 15.6 Å². The Kier molecular flexibility index (Phi) is 7.66. The number of nitrogens with zero attached hydrogens (tertiary/aromatic N) is 1. The zero-order valence-corrected chi connectivity index (χ0v) is 16.3. The van der Waals surface area contributed by atoms with Gasteiger partial charge in [-0.05, 0) is 33.6 Å². The lowest BCUT2D eigenvalue weighted by atomic mass is 9.98. The molecule has 1 heterocycles. The fourth-order valence-electron chi connectivity index (χ4n) is 2.08. The Morgan fingerprint density at radius 2 is 2.04 bits per heavy atom. The summed E-state index contributed by atoms with van der Waals surface area (Å²) in [6, 6.07) is -0.609. The van der Waals surface area contributed by atoms with Crippen LogP contribution in [-0.2, 0) is 16.0 Å². The molecular weight excluding hydrogens is 326 g/mol. The highest BCUT2D eigenvalue weighted by atomic mass is 32.1. The van der Waals surface area contributed by atoms with E-state index in [-0.39, 0.29) is 11.8 Å². The molecule has 0 saturated carbocycles. The lowest BCUT2D eigenvalue weighted by molar-refractivity contribution is -0.124. The van der Waals surface area contributed by atoms with Gasteiger partial charge in [0.2, 0.25) is 5.91 Å². The molecule has 0 aliphatic carbocycles. The van der Waals surface area contributed by atoms with Crippen molar-refractivity contribution in [2.45, 2.75) is 66.0 Å². The van der Waals surface area contributed by atoms with Crippen LogP contribution in [0.1, 0.15) is 51.7 Å². The molecule has 1 rings (SSSR count). The standard InChI is InChI=1S/C17H29N3O3S/c1-7-11(2)14(20-16(22)23-17(4,5)6)15(21)18-9-8-13-10-24-12(3)19-13/h10-11,14H,7-9H2,1-6H3,(H,18,21)(H,20,22). The molecule has 1 aromatic rings. The second-order valence-corrected chi connectivity index (χ2v) is 7.97. The van der Waals surface area contributed by atoms with E-state index >= 15 is 0 Å². The predicted octanol–water partition coefficient (Wildman–Crippen LogP) is 3.05. The highest BCUT2D eigenvalue weighted by Gasteiger charge is 2.27. The topological polar surface area (TPSA) is 80.3 Å². The van der Waals surface area contributed by atoms with Gasteiger partial charge in [-0.25, -0.2) is 9.78 Å². The van der Waals surface area contributed by atoms with Gasteiger partial charge < -0.3 is 15.4 Å². The van der Waals surface area contributed by atoms with Gasteiger partial charge in [0.25, 0.3) is 0 Å². The van der Waals surface area contributed by atoms with E-state index in [9.17, 15) is 9.59 Å². The van der Waals surface area contributed by atoms with E-state index in [1.165, 1.54) is 0 Å². The maximum atomic E-state index is 12.4. The maximum Gasteiger partial charge on any atom is 0.408 e. The Bertz CT molecular complexity index is 552. The molecule has 2 unspecified atom stereocenters. The van der Waals surface area contributed by atoms with E-state index in [1.807, 2.05) is 26.2 Å². The number of carbonyl (C=O) groups excluding carboxylic acids is 2. The molecule has 0 aliphatic rings. The van der Waals surface area contributed by atoms with Crippen molar-refractivity contribution in [3.05, 3.63) is 16.1 Å². The molecule has 0 spiro atoms. The number of amides is 2. The molecule has 1 aromatic heterocycles. The van der Waals surface area contributed by atoms with Gasteiger partial charge >= 0.3 is 6.09 Å². The van der Waals surface area contributed by atoms with E-state index in [2.05, 4.69) is 15.6 Å². The monoisotopic (exact) mass is 355 g/mol. The number of nitrogens with one attached hydrogen (secondary N) is 2. The number of rotatable bonds is 7. The van der Waals surface area contributed by atoms with Crippen molar-refractivity contribution in [3.63, 3.8) is 0 Å². The van der Waals surface area contributed by atoms with Gasteiger partial charge in [-0.1, -0.05) is 20.3 Å². The van der Waals surface area contributed by atoms with E-state index in [1.54, 1.807) is 32.1 Å². The first-order chi connectivity index (χ1) is 11.1. The predicted molar refractivity (Wildman–Crippen MR) is 96.2 cm³/mol. The number of aromatic nitrogens is 1. The molecule has 24 heavy (non-hydrogen) atoms. The molecule has 2 amide bonds. The summed E-state index contributed by atoms with van der Waals surface area (Å²) in [6.07, 6.45) is 0.882. The van der Waals surface area contributed by atoms with Crippen molar-refractivity contribution in [2.24, 2.45) is 5.92 Å². The highest BCUT2D eigenvalue weighted by molar-refractivity contribution is 7.09. The third-order valence-corrected chi connectivity index (χ3v) is 4.34. The summed E-state index contributed by atoms with van der Waals surface area (Å²) in [4.78, 5) is 28.8. The van der Waals surface area contributed by atoms with Gasteiger partial charge in [0, 0.05) is 18.3 Å². The third kappa shape index (κ3) is 7.29. The summed E-state index contributed by atoms with van der Waals surface area (Å²) >= 11 is 1.59. The summed E-state index contributed by atoms with van der Waals surface area (Å²) in [5.41, 5.74) is 0.376. The van der Waals surface area contributed by atoms with Gasteiger partial charge in [0.15, 0.2) is 0 Å². The number of ether oxygens (including phenoxy) is 1. The Balaban J connectivity index is 2.56. The second-order valence-electron chi connectivity index (χ2n) is 6.91. The zero-order chi connectivity index (χ0) is 18.3. The van der Waals surface area contributed by atoms with Crippen molar-refractivity contribution in [1.29, 1.82) is 0 Å². The van der Waals surface area contributed by atoms with Gasteiger partial charge in [-0.3, -0.25) is 4.79 Å². The SMILES string of the molecule is CCC(C)C(NC(=O)OC(C)(C)C)C(=O)NCCc1csc(C)n1. The number of hydrogen-bond donors (Lipinski definition) is 2. The first kappa shape index (κ1) is 20.4. The molecule has 7 heteroatoms. The first-order valence-corrected chi connectivity index (χ1v) is 9.18. The summed E-state index contributed by atoms with van der Waals surface area (Å²) < 4.78 is 5.25. The normalized spacial score (nSPS) is 13.9. The van der Waals surface area contributed by atoms with Crippen LogP contribution in [0.4, 0.5) is 4.79 Å². The fraction of sp³-hybridized carbons (Fsp3) is 0.706. The summed E-state index contributed by atoms with van der Waals surface area (Å²) in [5, 5.41) is 8.58. The van der Waals surface area contributed by atoms with Crippen LogP contribution in [0.3, 0.4) is 0 Å². The minimum absolute atomic E-state index is 0.0130. The van der Waals surface area contributed by atoms with Crippen LogP contribution in [0.15, 0.2) is 5.38 Å². The zero-order valence-electron chi connectivity index (χ0n) is 15.4. The van der Waals surface area contributed by atoms with Gasteiger partial charge in [0.05, 0.1) is 10.7 Å². The maximum absolute atomic E-state index is 12.4. The van der Waals surface area contributed by atoms with Crippen molar-refractivity contribution < 1.29 is 14.3 Å². The van der Waals surface area contributed by atoms with Crippen LogP contribution < -0.4 is 10.6 Å². The molecule has 2 N–H and O–H groups in total. The van der Waals surface area contributed by atoms with Gasteiger partial charge in [-0.2, -0.15) is 0 Å². The van der Waals surface area contributed by atoms with Crippen LogP contribution in [0.2, 0.25) is 0 Å². The lowest BCUT2D eigenvalue weighted by Gasteiger charge is -2.26. The highest BCUT2D eigenvalue weighted by Crippen LogP contribution is 2.12. The van der Waals surface area contributed by atoms with Crippen LogP contribution in [-0.4, -0.2) is 35.2 Å². The smallest absolute Gasteiger partial charge is 0.408 e. The Hall–Kier alpha value is -1.63. The minimum atomic E-state index is -0.609. The third-order valence-electron chi connectivity index (χ3n) is 3.51. The van der Waals surface area contributed by atoms with Crippen LogP contribution in [0.25, 0.3) is 0 Å². The number of alkyl carbamates (subject to hydrolysis) is 1. The molecule has 2 atom stereocenters. The van der Waals surface area contributed by atoms with E-state index in [4.69, 9.17) is 4.74 Å². The largest absolute Gasteiger partial charge is 0.444 e. The van der Waals surface area contributed by atoms with Gasteiger partial charge in [0.1, 0.15) is 11.6 Å². The molecule has 0 fully saturated rings. The van der Waals surface area contributed by atoms with E-state index in [0.29, 0.717) is 13.0 Å². The first-order valence-electron chi connectivity index (χ1n) is 8.30. The second kappa shape index (κ2) is 9.01. The average Bonchev–Trinajstić information content (AvgIpc) is 2.87. The van der Waals surface area contributed by atoms with Crippen molar-refractivity contribution in [3.8, 4) is 0 Å². The van der Waals surface area contributed by atoms with E-state index < -0.39 is 17.7 Å². The Labute approximate surface area is 148 Å². The summed E-state index contributed by atoms with van der Waals surface area (Å²) in [7, 11) is 0. The number of carbonyl (C=O) groups is 2. The molecular formula is C17H29N3O3S. The quantitative estimate of drug-likeness (QED) is 0.788. The number of aryl methyl sites for hydroxylation is 1. The van der Waals surface area contributed by atoms with Crippen molar-refractivity contribution >= 4 is 23.3 Å². The van der Waals surface area contributed by atoms with Crippen LogP contribution >= 0.6 is 11.3 Å². The molecule has 0 saturated heterocycles. The lowest BCUT2D eigenvalue weighted by Crippen LogP contribution is -2.51. The molecule has 0 aliphatic heterocycles. The minimum Gasteiger partial charge on any atom is -0.444 e. The molecule has 0 bridgehead atoms. The van der Waals surface area contributed by atoms with Gasteiger partial charge in [-0.15, -0.1) is 11.3 Å². The Morgan fingerprint density at radius 3 is 2.54 bits per heavy atom. The fourth-order valence-corrected chi connectivity index (χ4v) is 2.73. The van der Waals surface area contributed by atoms with Crippen molar-refractivity contribution in [2.75, 3.05) is 6.54 Å². The van der Waals surface area contributed by atoms with Crippen LogP contribution in [0.5, 0.6) is 0 Å². The molecule has 6 nitrogen and oxygen atoms in total. The molecule has 0 aromatic carbocycles. The summed E-state index contributed by atoms with van der Waals surface area (Å²) in [5.74, 6) is -0.179. The number of thiazole rings is 1. The van der Waals surface area contributed by atoms with Crippen LogP contribution in [0, 0.1) is 12.8 Å².